The van der Waals surface area contributed by atoms with Gasteiger partial charge in [-0.2, -0.15) is 5.10 Å². The van der Waals surface area contributed by atoms with Gasteiger partial charge in [0.1, 0.15) is 0 Å². The van der Waals surface area contributed by atoms with Gasteiger partial charge in [-0.1, -0.05) is 27.2 Å². The molecule has 0 bridgehead atoms. The second-order valence-corrected chi connectivity index (χ2v) is 5.99. The van der Waals surface area contributed by atoms with Gasteiger partial charge in [-0.3, -0.25) is 4.68 Å². The Hall–Kier alpha value is -0.830. The van der Waals surface area contributed by atoms with Gasteiger partial charge >= 0.3 is 0 Å². The number of rotatable bonds is 7. The van der Waals surface area contributed by atoms with Crippen LogP contribution in [0.25, 0.3) is 0 Å². The van der Waals surface area contributed by atoms with Gasteiger partial charge in [0.2, 0.25) is 0 Å². The molecule has 2 rings (SSSR count). The van der Waals surface area contributed by atoms with Crippen LogP contribution in [0.3, 0.4) is 0 Å². The van der Waals surface area contributed by atoms with E-state index in [2.05, 4.69) is 43.0 Å². The molecule has 1 aromatic rings. The van der Waals surface area contributed by atoms with E-state index in [1.807, 2.05) is 0 Å². The standard InChI is InChI=1S/C16H29N3/c1-4-9-16(10-7-11-17-16)13-14-8-12-19(18-14)15(5-2)6-3/h8,12,15,17H,4-7,9-11,13H2,1-3H3. The first-order valence-corrected chi connectivity index (χ1v) is 8.02. The van der Waals surface area contributed by atoms with Gasteiger partial charge in [0, 0.05) is 18.2 Å². The lowest BCUT2D eigenvalue weighted by atomic mass is 9.87. The smallest absolute Gasteiger partial charge is 0.0643 e. The zero-order valence-corrected chi connectivity index (χ0v) is 12.8. The summed E-state index contributed by atoms with van der Waals surface area (Å²) in [4.78, 5) is 0. The molecular weight excluding hydrogens is 234 g/mol. The maximum absolute atomic E-state index is 4.82. The zero-order valence-electron chi connectivity index (χ0n) is 12.8. The molecule has 19 heavy (non-hydrogen) atoms. The van der Waals surface area contributed by atoms with Gasteiger partial charge in [0.15, 0.2) is 0 Å². The second kappa shape index (κ2) is 6.56. The molecule has 0 aromatic carbocycles. The minimum Gasteiger partial charge on any atom is -0.311 e. The molecule has 1 fully saturated rings. The van der Waals surface area contributed by atoms with E-state index >= 15 is 0 Å². The lowest BCUT2D eigenvalue weighted by Crippen LogP contribution is -2.41. The van der Waals surface area contributed by atoms with Crippen LogP contribution < -0.4 is 5.32 Å². The maximum atomic E-state index is 4.82. The summed E-state index contributed by atoms with van der Waals surface area (Å²) >= 11 is 0. The highest BCUT2D eigenvalue weighted by molar-refractivity contribution is 5.08. The van der Waals surface area contributed by atoms with E-state index in [0.29, 0.717) is 11.6 Å². The van der Waals surface area contributed by atoms with E-state index < -0.39 is 0 Å². The van der Waals surface area contributed by atoms with Gasteiger partial charge < -0.3 is 5.32 Å². The van der Waals surface area contributed by atoms with Crippen LogP contribution in [0.5, 0.6) is 0 Å². The van der Waals surface area contributed by atoms with Gasteiger partial charge in [-0.25, -0.2) is 0 Å². The highest BCUT2D eigenvalue weighted by Gasteiger charge is 2.33. The number of nitrogens with one attached hydrogen (secondary N) is 1. The van der Waals surface area contributed by atoms with Crippen molar-refractivity contribution in [3.05, 3.63) is 18.0 Å². The molecule has 1 N–H and O–H groups in total. The lowest BCUT2D eigenvalue weighted by molar-refractivity contribution is 0.335. The van der Waals surface area contributed by atoms with Crippen LogP contribution in [0.2, 0.25) is 0 Å². The highest BCUT2D eigenvalue weighted by atomic mass is 15.3. The Morgan fingerprint density at radius 3 is 2.74 bits per heavy atom. The predicted molar refractivity (Wildman–Crippen MR) is 80.4 cm³/mol. The first kappa shape index (κ1) is 14.6. The van der Waals surface area contributed by atoms with Crippen LogP contribution in [-0.4, -0.2) is 21.9 Å². The van der Waals surface area contributed by atoms with Gasteiger partial charge in [-0.15, -0.1) is 0 Å². The van der Waals surface area contributed by atoms with Crippen LogP contribution in [0, 0.1) is 0 Å². The fourth-order valence-corrected chi connectivity index (χ4v) is 3.48. The molecule has 0 radical (unpaired) electrons. The van der Waals surface area contributed by atoms with E-state index in [9.17, 15) is 0 Å². The summed E-state index contributed by atoms with van der Waals surface area (Å²) in [6.07, 6.45) is 10.7. The minimum absolute atomic E-state index is 0.321. The number of aromatic nitrogens is 2. The van der Waals surface area contributed by atoms with Crippen LogP contribution in [-0.2, 0) is 6.42 Å². The molecule has 1 aliphatic rings. The van der Waals surface area contributed by atoms with Crippen molar-refractivity contribution in [1.29, 1.82) is 0 Å². The number of hydrogen-bond donors (Lipinski definition) is 1. The zero-order chi connectivity index (χ0) is 13.7. The van der Waals surface area contributed by atoms with Crippen LogP contribution >= 0.6 is 0 Å². The van der Waals surface area contributed by atoms with E-state index in [1.165, 1.54) is 37.9 Å². The summed E-state index contributed by atoms with van der Waals surface area (Å²) in [6, 6.07) is 2.78. The molecule has 3 nitrogen and oxygen atoms in total. The average Bonchev–Trinajstić information content (AvgIpc) is 3.03. The first-order valence-electron chi connectivity index (χ1n) is 8.02. The minimum atomic E-state index is 0.321. The summed E-state index contributed by atoms with van der Waals surface area (Å²) < 4.78 is 2.17. The fourth-order valence-electron chi connectivity index (χ4n) is 3.48. The Morgan fingerprint density at radius 1 is 1.37 bits per heavy atom. The highest BCUT2D eigenvalue weighted by Crippen LogP contribution is 2.28. The molecular formula is C16H29N3. The van der Waals surface area contributed by atoms with Gasteiger partial charge in [0.25, 0.3) is 0 Å². The van der Waals surface area contributed by atoms with Crippen molar-refractivity contribution in [1.82, 2.24) is 15.1 Å². The molecule has 3 heteroatoms. The van der Waals surface area contributed by atoms with Gasteiger partial charge in [-0.05, 0) is 44.7 Å². The quantitative estimate of drug-likeness (QED) is 0.812. The molecule has 0 amide bonds. The molecule has 0 aliphatic carbocycles. The lowest BCUT2D eigenvalue weighted by Gasteiger charge is -2.28. The van der Waals surface area contributed by atoms with E-state index in [1.54, 1.807) is 0 Å². The van der Waals surface area contributed by atoms with Crippen molar-refractivity contribution >= 4 is 0 Å². The van der Waals surface area contributed by atoms with E-state index in [0.717, 1.165) is 19.3 Å². The Balaban J connectivity index is 2.06. The predicted octanol–water partition coefficient (Wildman–Crippen LogP) is 3.71. The molecule has 2 heterocycles. The SMILES string of the molecule is CCCC1(Cc2ccn(C(CC)CC)n2)CCCN1. The molecule has 0 spiro atoms. The second-order valence-electron chi connectivity index (χ2n) is 5.99. The molecule has 1 aliphatic heterocycles. The van der Waals surface area contributed by atoms with Crippen molar-refractivity contribution in [3.63, 3.8) is 0 Å². The maximum Gasteiger partial charge on any atom is 0.0643 e. The monoisotopic (exact) mass is 263 g/mol. The van der Waals surface area contributed by atoms with Crippen LogP contribution in [0.4, 0.5) is 0 Å². The van der Waals surface area contributed by atoms with Crippen LogP contribution in [0.15, 0.2) is 12.3 Å². The van der Waals surface area contributed by atoms with Crippen molar-refractivity contribution < 1.29 is 0 Å². The molecule has 1 aromatic heterocycles. The first-order chi connectivity index (χ1) is 9.23. The summed E-state index contributed by atoms with van der Waals surface area (Å²) in [5.41, 5.74) is 1.58. The van der Waals surface area contributed by atoms with Crippen molar-refractivity contribution in [2.75, 3.05) is 6.54 Å². The average molecular weight is 263 g/mol. The Bertz CT molecular complexity index is 373. The van der Waals surface area contributed by atoms with Crippen molar-refractivity contribution in [3.8, 4) is 0 Å². The molecule has 1 unspecified atom stereocenters. The van der Waals surface area contributed by atoms with Crippen molar-refractivity contribution in [2.24, 2.45) is 0 Å². The Morgan fingerprint density at radius 2 is 2.16 bits per heavy atom. The number of nitrogens with zero attached hydrogens (tertiary/aromatic N) is 2. The Kier molecular flexibility index (Phi) is 5.03. The number of hydrogen-bond acceptors (Lipinski definition) is 2. The topological polar surface area (TPSA) is 29.9 Å². The van der Waals surface area contributed by atoms with E-state index in [-0.39, 0.29) is 0 Å². The molecule has 0 saturated carbocycles. The summed E-state index contributed by atoms with van der Waals surface area (Å²) in [7, 11) is 0. The third-order valence-corrected chi connectivity index (χ3v) is 4.56. The van der Waals surface area contributed by atoms with Gasteiger partial charge in [0.05, 0.1) is 11.7 Å². The van der Waals surface area contributed by atoms with Crippen molar-refractivity contribution in [2.45, 2.75) is 77.3 Å². The third-order valence-electron chi connectivity index (χ3n) is 4.56. The molecule has 1 saturated heterocycles. The molecule has 108 valence electrons. The fraction of sp³-hybridized carbons (Fsp3) is 0.812. The third kappa shape index (κ3) is 3.38. The summed E-state index contributed by atoms with van der Waals surface area (Å²) in [5.74, 6) is 0. The van der Waals surface area contributed by atoms with E-state index in [4.69, 9.17) is 5.10 Å². The Labute approximate surface area is 117 Å². The summed E-state index contributed by atoms with van der Waals surface area (Å²) in [6.45, 7) is 7.94. The van der Waals surface area contributed by atoms with Crippen LogP contribution in [0.1, 0.15) is 71.0 Å². The largest absolute Gasteiger partial charge is 0.311 e. The normalized spacial score (nSPS) is 23.4. The molecule has 1 atom stereocenters. The summed E-state index contributed by atoms with van der Waals surface area (Å²) in [5, 5.41) is 8.56.